The maximum Gasteiger partial charge on any atom is 0.249 e. The Hall–Kier alpha value is 0.130. The van der Waals surface area contributed by atoms with Crippen LogP contribution in [0.5, 0.6) is 0 Å². The van der Waals surface area contributed by atoms with Crippen LogP contribution < -0.4 is 0 Å². The number of nitrogens with zero attached hydrogens (tertiary/aromatic N) is 1. The molecule has 1 unspecified atom stereocenters. The van der Waals surface area contributed by atoms with E-state index in [-0.39, 0.29) is 0 Å². The molecule has 0 N–H and O–H groups in total. The van der Waals surface area contributed by atoms with Gasteiger partial charge in [0.25, 0.3) is 0 Å². The molecule has 0 saturated carbocycles. The van der Waals surface area contributed by atoms with Crippen LogP contribution in [-0.2, 0) is 6.54 Å². The van der Waals surface area contributed by atoms with Crippen LogP contribution in [0.25, 0.3) is 0 Å². The van der Waals surface area contributed by atoms with Crippen molar-refractivity contribution in [1.29, 1.82) is 0 Å². The quantitative estimate of drug-likeness (QED) is 0.446. The average Bonchev–Trinajstić information content (AvgIpc) is 2.57. The van der Waals surface area contributed by atoms with E-state index < -0.39 is 0 Å². The van der Waals surface area contributed by atoms with Crippen LogP contribution in [0.3, 0.4) is 0 Å². The van der Waals surface area contributed by atoms with Crippen molar-refractivity contribution in [3.8, 4) is 0 Å². The van der Waals surface area contributed by atoms with Crippen LogP contribution in [0.1, 0.15) is 11.3 Å². The van der Waals surface area contributed by atoms with Crippen LogP contribution in [0.15, 0.2) is 29.7 Å². The summed E-state index contributed by atoms with van der Waals surface area (Å²) in [4.78, 5) is 1.50. The first-order valence-corrected chi connectivity index (χ1v) is 6.36. The third kappa shape index (κ3) is 2.54. The van der Waals surface area contributed by atoms with Gasteiger partial charge in [-0.25, -0.2) is 0 Å². The smallest absolute Gasteiger partial charge is 0.249 e. The summed E-state index contributed by atoms with van der Waals surface area (Å²) in [5, 5.41) is 2.16. The molecule has 1 aliphatic heterocycles. The van der Waals surface area contributed by atoms with Crippen molar-refractivity contribution in [3.63, 3.8) is 0 Å². The van der Waals surface area contributed by atoms with Crippen molar-refractivity contribution < 1.29 is 2.70 Å². The number of hydrogen-bond donors (Lipinski definition) is 0. The highest BCUT2D eigenvalue weighted by Gasteiger charge is 2.25. The summed E-state index contributed by atoms with van der Waals surface area (Å²) in [6.07, 6.45) is 5.83. The Morgan fingerprint density at radius 3 is 3.00 bits per heavy atom. The molecule has 2 heterocycles. The van der Waals surface area contributed by atoms with E-state index >= 15 is 0 Å². The highest BCUT2D eigenvalue weighted by Crippen LogP contribution is 2.26. The third-order valence-electron chi connectivity index (χ3n) is 2.32. The second-order valence-corrected chi connectivity index (χ2v) is 6.51. The second kappa shape index (κ2) is 4.11. The molecule has 0 saturated heterocycles. The molecule has 0 amide bonds. The predicted octanol–water partition coefficient (Wildman–Crippen LogP) is 3.37. The standard InChI is InChI=1S/C10H13INS/c11-12(6-2-1-3-7-12)9-10-5-4-8-13-10/h1-2,4-5,8H,3,6-7,9H2/q+1. The van der Waals surface area contributed by atoms with Gasteiger partial charge in [0.05, 0.1) is 11.4 Å². The molecule has 0 aromatic carbocycles. The van der Waals surface area contributed by atoms with Gasteiger partial charge >= 0.3 is 0 Å². The zero-order valence-electron chi connectivity index (χ0n) is 7.45. The number of hydrogen-bond acceptors (Lipinski definition) is 1. The molecule has 3 heteroatoms. The minimum atomic E-state index is 1.15. The molecule has 1 nitrogen and oxygen atoms in total. The van der Waals surface area contributed by atoms with Gasteiger partial charge in [0.15, 0.2) is 0 Å². The lowest BCUT2D eigenvalue weighted by molar-refractivity contribution is -0.762. The van der Waals surface area contributed by atoms with Crippen LogP contribution in [0, 0.1) is 0 Å². The van der Waals surface area contributed by atoms with Crippen LogP contribution in [-0.4, -0.2) is 15.8 Å². The van der Waals surface area contributed by atoms with Gasteiger partial charge in [-0.2, -0.15) is 0 Å². The molecule has 2 rings (SSSR count). The van der Waals surface area contributed by atoms with Crippen molar-refractivity contribution in [2.24, 2.45) is 0 Å². The Balaban J connectivity index is 2.04. The molecule has 1 aromatic rings. The van der Waals surface area contributed by atoms with E-state index in [4.69, 9.17) is 0 Å². The molecule has 0 spiro atoms. The largest absolute Gasteiger partial charge is 0.259 e. The number of quaternary nitrogens is 1. The van der Waals surface area contributed by atoms with Gasteiger partial charge < -0.3 is 0 Å². The third-order valence-corrected chi connectivity index (χ3v) is 4.39. The van der Waals surface area contributed by atoms with E-state index in [1.54, 1.807) is 0 Å². The highest BCUT2D eigenvalue weighted by molar-refractivity contribution is 14.1. The first-order chi connectivity index (χ1) is 6.29. The molecular weight excluding hydrogens is 293 g/mol. The van der Waals surface area contributed by atoms with E-state index in [1.165, 1.54) is 30.9 Å². The average molecular weight is 306 g/mol. The van der Waals surface area contributed by atoms with Gasteiger partial charge in [0, 0.05) is 6.42 Å². The lowest BCUT2D eigenvalue weighted by Gasteiger charge is -2.31. The van der Waals surface area contributed by atoms with Crippen molar-refractivity contribution in [2.45, 2.75) is 13.0 Å². The Morgan fingerprint density at radius 1 is 1.46 bits per heavy atom. The van der Waals surface area contributed by atoms with Gasteiger partial charge in [-0.1, -0.05) is 12.1 Å². The molecule has 1 aliphatic rings. The normalized spacial score (nSPS) is 27.8. The molecule has 70 valence electrons. The summed E-state index contributed by atoms with van der Waals surface area (Å²) < 4.78 is 1.15. The minimum Gasteiger partial charge on any atom is -0.259 e. The van der Waals surface area contributed by atoms with Crippen molar-refractivity contribution in [1.82, 2.24) is 0 Å². The van der Waals surface area contributed by atoms with E-state index in [0.717, 1.165) is 2.70 Å². The van der Waals surface area contributed by atoms with E-state index in [0.29, 0.717) is 0 Å². The zero-order chi connectivity index (χ0) is 9.15. The fourth-order valence-electron chi connectivity index (χ4n) is 1.60. The first-order valence-electron chi connectivity index (χ1n) is 4.52. The predicted molar refractivity (Wildman–Crippen MR) is 65.8 cm³/mol. The van der Waals surface area contributed by atoms with Gasteiger partial charge in [-0.3, -0.25) is 2.70 Å². The maximum absolute atomic E-state index is 2.58. The minimum absolute atomic E-state index is 1.15. The van der Waals surface area contributed by atoms with Gasteiger partial charge in [0.1, 0.15) is 13.1 Å². The van der Waals surface area contributed by atoms with E-state index in [9.17, 15) is 0 Å². The maximum atomic E-state index is 2.58. The Labute approximate surface area is 97.2 Å². The lowest BCUT2D eigenvalue weighted by Crippen LogP contribution is -2.39. The summed E-state index contributed by atoms with van der Waals surface area (Å²) in [5.74, 6) is 0. The molecule has 0 aliphatic carbocycles. The Bertz CT molecular complexity index is 294. The van der Waals surface area contributed by atoms with Gasteiger partial charge in [-0.05, 0) is 17.5 Å². The SMILES string of the molecule is I[N+]1(Cc2cccs2)CC=CCC1. The fraction of sp³-hybridized carbons (Fsp3) is 0.400. The monoisotopic (exact) mass is 306 g/mol. The summed E-state index contributed by atoms with van der Waals surface area (Å²) in [5.41, 5.74) is 0. The number of halogens is 1. The van der Waals surface area contributed by atoms with Gasteiger partial charge in [-0.15, -0.1) is 11.3 Å². The van der Waals surface area contributed by atoms with Crippen LogP contribution in [0.4, 0.5) is 0 Å². The second-order valence-electron chi connectivity index (χ2n) is 3.43. The topological polar surface area (TPSA) is 0 Å². The van der Waals surface area contributed by atoms with Crippen molar-refractivity contribution in [2.75, 3.05) is 13.1 Å². The van der Waals surface area contributed by atoms with E-state index in [2.05, 4.69) is 52.5 Å². The number of thiophene rings is 1. The van der Waals surface area contributed by atoms with Crippen molar-refractivity contribution >= 4 is 34.2 Å². The summed E-state index contributed by atoms with van der Waals surface area (Å²) in [7, 11) is 0. The Kier molecular flexibility index (Phi) is 3.06. The van der Waals surface area contributed by atoms with Crippen LogP contribution >= 0.6 is 34.2 Å². The summed E-state index contributed by atoms with van der Waals surface area (Å²) >= 11 is 4.45. The van der Waals surface area contributed by atoms with Crippen molar-refractivity contribution in [3.05, 3.63) is 34.5 Å². The zero-order valence-corrected chi connectivity index (χ0v) is 10.4. The summed E-state index contributed by atoms with van der Waals surface area (Å²) in [6.45, 7) is 3.63. The molecule has 0 fully saturated rings. The molecule has 1 atom stereocenters. The molecule has 13 heavy (non-hydrogen) atoms. The molecule has 0 radical (unpaired) electrons. The summed E-state index contributed by atoms with van der Waals surface area (Å²) in [6, 6.07) is 4.38. The van der Waals surface area contributed by atoms with Crippen LogP contribution in [0.2, 0.25) is 0 Å². The number of rotatable bonds is 2. The first kappa shape index (κ1) is 9.68. The molecular formula is C10H13INS+. The fourth-order valence-corrected chi connectivity index (χ4v) is 3.52. The highest BCUT2D eigenvalue weighted by atomic mass is 127. The van der Waals surface area contributed by atoms with E-state index in [1.807, 2.05) is 11.3 Å². The molecule has 0 bridgehead atoms. The lowest BCUT2D eigenvalue weighted by atomic mass is 10.2. The Morgan fingerprint density at radius 2 is 2.38 bits per heavy atom. The molecule has 1 aromatic heterocycles. The van der Waals surface area contributed by atoms with Gasteiger partial charge in [0.2, 0.25) is 22.9 Å².